The van der Waals surface area contributed by atoms with Crippen LogP contribution in [-0.4, -0.2) is 28.4 Å². The lowest BCUT2D eigenvalue weighted by Gasteiger charge is -2.10. The van der Waals surface area contributed by atoms with Crippen molar-refractivity contribution in [2.75, 3.05) is 14.2 Å². The summed E-state index contributed by atoms with van der Waals surface area (Å²) in [6.45, 7) is 0. The summed E-state index contributed by atoms with van der Waals surface area (Å²) >= 11 is 0. The Morgan fingerprint density at radius 1 is 0.821 bits per heavy atom. The standard InChI is InChI=1S/C22H17N3O3/c1-27-19-12-16-18(13-20(19)28-2)24(14-8-4-3-5-9-14)25-21(16)23-17-11-7-6-10-15(17)22(25)26/h3-13H,1-2H3. The third-order valence-electron chi connectivity index (χ3n) is 4.93. The molecule has 0 N–H and O–H groups in total. The number of hydrogen-bond donors (Lipinski definition) is 0. The number of methoxy groups -OCH3 is 2. The third-order valence-corrected chi connectivity index (χ3v) is 4.93. The Kier molecular flexibility index (Phi) is 3.58. The molecule has 0 radical (unpaired) electrons. The molecule has 5 rings (SSSR count). The van der Waals surface area contributed by atoms with Gasteiger partial charge in [-0.3, -0.25) is 4.79 Å². The van der Waals surface area contributed by atoms with Gasteiger partial charge in [0.1, 0.15) is 0 Å². The molecule has 138 valence electrons. The Morgan fingerprint density at radius 3 is 2.25 bits per heavy atom. The van der Waals surface area contributed by atoms with Crippen molar-refractivity contribution in [2.24, 2.45) is 0 Å². The molecule has 3 aromatic carbocycles. The van der Waals surface area contributed by atoms with Gasteiger partial charge in [0.25, 0.3) is 5.56 Å². The molecule has 0 atom stereocenters. The number of rotatable bonds is 3. The van der Waals surface area contributed by atoms with Gasteiger partial charge in [-0.1, -0.05) is 30.3 Å². The minimum absolute atomic E-state index is 0.126. The summed E-state index contributed by atoms with van der Waals surface area (Å²) in [4.78, 5) is 18.2. The van der Waals surface area contributed by atoms with E-state index in [4.69, 9.17) is 14.5 Å². The van der Waals surface area contributed by atoms with Crippen LogP contribution in [0.4, 0.5) is 0 Å². The zero-order valence-corrected chi connectivity index (χ0v) is 15.4. The SMILES string of the molecule is COc1cc2c(cc1OC)n(-c1ccccc1)n1c(=O)c3ccccc3nc21. The molecule has 6 heteroatoms. The Morgan fingerprint density at radius 2 is 1.50 bits per heavy atom. The molecule has 0 aliphatic rings. The van der Waals surface area contributed by atoms with Gasteiger partial charge in [0.05, 0.1) is 36.3 Å². The zero-order chi connectivity index (χ0) is 19.3. The number of para-hydroxylation sites is 2. The lowest BCUT2D eigenvalue weighted by atomic mass is 10.2. The first kappa shape index (κ1) is 16.4. The molecular weight excluding hydrogens is 354 g/mol. The van der Waals surface area contributed by atoms with Crippen molar-refractivity contribution in [1.82, 2.24) is 14.2 Å². The van der Waals surface area contributed by atoms with E-state index in [1.54, 1.807) is 24.8 Å². The summed E-state index contributed by atoms with van der Waals surface area (Å²) in [5, 5.41) is 1.38. The van der Waals surface area contributed by atoms with Gasteiger partial charge in [-0.25, -0.2) is 9.67 Å². The third kappa shape index (κ3) is 2.21. The molecule has 0 spiro atoms. The average Bonchev–Trinajstić information content (AvgIpc) is 3.07. The van der Waals surface area contributed by atoms with Crippen molar-refractivity contribution in [2.45, 2.75) is 0 Å². The van der Waals surface area contributed by atoms with Gasteiger partial charge in [0.2, 0.25) is 0 Å². The van der Waals surface area contributed by atoms with E-state index < -0.39 is 0 Å². The van der Waals surface area contributed by atoms with Crippen molar-refractivity contribution in [3.05, 3.63) is 77.1 Å². The molecule has 0 bridgehead atoms. The second-order valence-corrected chi connectivity index (χ2v) is 6.44. The predicted molar refractivity (Wildman–Crippen MR) is 109 cm³/mol. The van der Waals surface area contributed by atoms with Crippen molar-refractivity contribution in [1.29, 1.82) is 0 Å². The van der Waals surface area contributed by atoms with Gasteiger partial charge >= 0.3 is 0 Å². The van der Waals surface area contributed by atoms with Gasteiger partial charge in [-0.05, 0) is 30.3 Å². The molecule has 0 saturated carbocycles. The van der Waals surface area contributed by atoms with E-state index in [9.17, 15) is 4.79 Å². The number of benzene rings is 3. The van der Waals surface area contributed by atoms with Crippen molar-refractivity contribution >= 4 is 27.5 Å². The highest BCUT2D eigenvalue weighted by molar-refractivity contribution is 5.98. The maximum absolute atomic E-state index is 13.4. The molecule has 0 aliphatic carbocycles. The van der Waals surface area contributed by atoms with E-state index in [0.29, 0.717) is 28.0 Å². The molecular formula is C22H17N3O3. The summed E-state index contributed by atoms with van der Waals surface area (Å²) in [6, 6.07) is 20.8. The molecule has 0 fully saturated rings. The van der Waals surface area contributed by atoms with Gasteiger partial charge < -0.3 is 9.47 Å². The number of ether oxygens (including phenoxy) is 2. The van der Waals surface area contributed by atoms with Crippen LogP contribution in [-0.2, 0) is 0 Å². The minimum atomic E-state index is -0.126. The second-order valence-electron chi connectivity index (χ2n) is 6.44. The van der Waals surface area contributed by atoms with E-state index in [2.05, 4.69) is 0 Å². The first-order valence-corrected chi connectivity index (χ1v) is 8.86. The molecule has 0 aliphatic heterocycles. The topological polar surface area (TPSA) is 57.8 Å². The van der Waals surface area contributed by atoms with Gasteiger partial charge in [-0.2, -0.15) is 4.52 Å². The fourth-order valence-electron chi connectivity index (χ4n) is 3.64. The van der Waals surface area contributed by atoms with E-state index >= 15 is 0 Å². The highest BCUT2D eigenvalue weighted by Crippen LogP contribution is 2.35. The maximum Gasteiger partial charge on any atom is 0.281 e. The molecule has 6 nitrogen and oxygen atoms in total. The summed E-state index contributed by atoms with van der Waals surface area (Å²) in [5.41, 5.74) is 2.77. The van der Waals surface area contributed by atoms with Crippen LogP contribution in [0.2, 0.25) is 0 Å². The van der Waals surface area contributed by atoms with Crippen LogP contribution < -0.4 is 15.0 Å². The first-order valence-electron chi connectivity index (χ1n) is 8.86. The number of fused-ring (bicyclic) bond motifs is 4. The largest absolute Gasteiger partial charge is 0.493 e. The van der Waals surface area contributed by atoms with Gasteiger partial charge in [-0.15, -0.1) is 0 Å². The Labute approximate surface area is 160 Å². The lowest BCUT2D eigenvalue weighted by Crippen LogP contribution is -2.20. The van der Waals surface area contributed by atoms with Crippen LogP contribution in [0.1, 0.15) is 0 Å². The second kappa shape index (κ2) is 6.13. The van der Waals surface area contributed by atoms with E-state index in [1.165, 1.54) is 0 Å². The molecule has 0 amide bonds. The highest BCUT2D eigenvalue weighted by Gasteiger charge is 2.19. The van der Waals surface area contributed by atoms with E-state index in [-0.39, 0.29) is 5.56 Å². The minimum Gasteiger partial charge on any atom is -0.493 e. The van der Waals surface area contributed by atoms with Crippen LogP contribution in [0.5, 0.6) is 11.5 Å². The van der Waals surface area contributed by atoms with Crippen LogP contribution in [0.15, 0.2) is 71.5 Å². The van der Waals surface area contributed by atoms with Gasteiger partial charge in [0.15, 0.2) is 17.1 Å². The summed E-state index contributed by atoms with van der Waals surface area (Å²) < 4.78 is 14.5. The maximum atomic E-state index is 13.4. The fraction of sp³-hybridized carbons (Fsp3) is 0.0909. The zero-order valence-electron chi connectivity index (χ0n) is 15.4. The van der Waals surface area contributed by atoms with Crippen LogP contribution >= 0.6 is 0 Å². The quantitative estimate of drug-likeness (QED) is 0.484. The van der Waals surface area contributed by atoms with Crippen LogP contribution in [0.25, 0.3) is 33.1 Å². The fourth-order valence-corrected chi connectivity index (χ4v) is 3.64. The molecule has 2 aromatic heterocycles. The van der Waals surface area contributed by atoms with E-state index in [0.717, 1.165) is 16.6 Å². The molecule has 5 aromatic rings. The Balaban J connectivity index is 2.07. The first-order chi connectivity index (χ1) is 13.7. The Bertz CT molecular complexity index is 1400. The van der Waals surface area contributed by atoms with Crippen molar-refractivity contribution in [3.63, 3.8) is 0 Å². The van der Waals surface area contributed by atoms with Crippen molar-refractivity contribution < 1.29 is 9.47 Å². The summed E-state index contributed by atoms with van der Waals surface area (Å²) in [6.07, 6.45) is 0. The summed E-state index contributed by atoms with van der Waals surface area (Å²) in [7, 11) is 3.19. The normalized spacial score (nSPS) is 11.4. The Hall–Kier alpha value is -3.80. The smallest absolute Gasteiger partial charge is 0.281 e. The van der Waals surface area contributed by atoms with Crippen molar-refractivity contribution in [3.8, 4) is 17.2 Å². The lowest BCUT2D eigenvalue weighted by molar-refractivity contribution is 0.356. The van der Waals surface area contributed by atoms with Crippen LogP contribution in [0.3, 0.4) is 0 Å². The number of aromatic nitrogens is 3. The molecule has 0 saturated heterocycles. The molecule has 28 heavy (non-hydrogen) atoms. The number of hydrogen-bond acceptors (Lipinski definition) is 4. The van der Waals surface area contributed by atoms with Crippen LogP contribution in [0, 0.1) is 0 Å². The monoisotopic (exact) mass is 371 g/mol. The highest BCUT2D eigenvalue weighted by atomic mass is 16.5. The predicted octanol–water partition coefficient (Wildman–Crippen LogP) is 3.81. The summed E-state index contributed by atoms with van der Waals surface area (Å²) in [5.74, 6) is 1.18. The van der Waals surface area contributed by atoms with Gasteiger partial charge in [0, 0.05) is 11.5 Å². The molecule has 2 heterocycles. The van der Waals surface area contributed by atoms with E-state index in [1.807, 2.05) is 65.3 Å². The average molecular weight is 371 g/mol. The number of nitrogens with zero attached hydrogens (tertiary/aromatic N) is 3. The molecule has 0 unspecified atom stereocenters.